The maximum atomic E-state index is 12.1. The summed E-state index contributed by atoms with van der Waals surface area (Å²) >= 11 is 0. The van der Waals surface area contributed by atoms with Crippen molar-refractivity contribution < 1.29 is 22.1 Å². The van der Waals surface area contributed by atoms with E-state index in [0.29, 0.717) is 6.61 Å². The van der Waals surface area contributed by atoms with Crippen LogP contribution < -0.4 is 11.5 Å². The molecule has 0 spiro atoms. The number of aryl methyl sites for hydroxylation is 1. The van der Waals surface area contributed by atoms with Crippen molar-refractivity contribution in [2.24, 2.45) is 11.5 Å². The van der Waals surface area contributed by atoms with Gasteiger partial charge in [0.05, 0.1) is 18.4 Å². The van der Waals surface area contributed by atoms with Gasteiger partial charge in [-0.1, -0.05) is 36.4 Å². The molecule has 0 saturated heterocycles. The third kappa shape index (κ3) is 6.43. The van der Waals surface area contributed by atoms with Crippen LogP contribution in [0.25, 0.3) is 5.57 Å². The summed E-state index contributed by atoms with van der Waals surface area (Å²) in [5, 5.41) is 6.06. The number of fused-ring (bicyclic) bond motifs is 1. The first-order valence-corrected chi connectivity index (χ1v) is 10.9. The molecule has 160 valence electrons. The van der Waals surface area contributed by atoms with Crippen LogP contribution in [0.3, 0.4) is 0 Å². The molecule has 0 saturated carbocycles. The fraction of sp³-hybridized carbons (Fsp3) is 0.238. The van der Waals surface area contributed by atoms with Gasteiger partial charge in [0.2, 0.25) is 0 Å². The molecule has 2 aromatic carbocycles. The average molecular weight is 432 g/mol. The van der Waals surface area contributed by atoms with Gasteiger partial charge >= 0.3 is 16.1 Å². The second kappa shape index (κ2) is 10.0. The molecule has 1 aliphatic rings. The minimum Gasteiger partial charge on any atom is -0.380 e. The van der Waals surface area contributed by atoms with Crippen molar-refractivity contribution in [1.82, 2.24) is 0 Å². The molecule has 30 heavy (non-hydrogen) atoms. The number of hydrogen-bond acceptors (Lipinski definition) is 6. The number of carbonyl (C=O) groups excluding carboxylic acids is 1. The Morgan fingerprint density at radius 2 is 1.77 bits per heavy atom. The Hall–Kier alpha value is -3.17. The lowest BCUT2D eigenvalue weighted by molar-refractivity contribution is 0.0748. The topological polar surface area (TPSA) is 146 Å². The Kier molecular flexibility index (Phi) is 7.73. The zero-order valence-corrected chi connectivity index (χ0v) is 17.7. The van der Waals surface area contributed by atoms with Gasteiger partial charge < -0.3 is 20.4 Å². The average Bonchev–Trinajstić information content (AvgIpc) is 2.66. The molecule has 0 radical (unpaired) electrons. The lowest BCUT2D eigenvalue weighted by atomic mass is 9.82. The van der Waals surface area contributed by atoms with Gasteiger partial charge in [-0.25, -0.2) is 4.79 Å². The van der Waals surface area contributed by atoms with Crippen LogP contribution in [0.15, 0.2) is 54.1 Å². The van der Waals surface area contributed by atoms with E-state index >= 15 is 0 Å². The Balaban J connectivity index is 0.000000735. The van der Waals surface area contributed by atoms with Crippen molar-refractivity contribution in [3.8, 4) is 0 Å². The normalized spacial score (nSPS) is 13.0. The van der Waals surface area contributed by atoms with Gasteiger partial charge in [-0.05, 0) is 52.8 Å². The predicted molar refractivity (Wildman–Crippen MR) is 115 cm³/mol. The Labute approximate surface area is 176 Å². The first-order valence-electron chi connectivity index (χ1n) is 9.05. The van der Waals surface area contributed by atoms with Crippen LogP contribution in [0.5, 0.6) is 0 Å². The number of rotatable bonds is 5. The van der Waals surface area contributed by atoms with Crippen LogP contribution in [0.2, 0.25) is 0 Å². The largest absolute Gasteiger partial charge is 0.380 e. The first-order chi connectivity index (χ1) is 14.1. The zero-order valence-electron chi connectivity index (χ0n) is 16.8. The van der Waals surface area contributed by atoms with Crippen molar-refractivity contribution in [2.45, 2.75) is 12.8 Å². The maximum absolute atomic E-state index is 12.1. The third-order valence-electron chi connectivity index (χ3n) is 4.27. The molecule has 8 nitrogen and oxygen atoms in total. The van der Waals surface area contributed by atoms with Crippen molar-refractivity contribution in [1.29, 1.82) is 5.41 Å². The Morgan fingerprint density at radius 1 is 1.10 bits per heavy atom. The summed E-state index contributed by atoms with van der Waals surface area (Å²) in [6, 6.07) is 15.0. The second-order valence-corrected chi connectivity index (χ2v) is 8.25. The van der Waals surface area contributed by atoms with Crippen LogP contribution in [0.4, 0.5) is 0 Å². The van der Waals surface area contributed by atoms with Gasteiger partial charge in [0.15, 0.2) is 5.96 Å². The van der Waals surface area contributed by atoms with Gasteiger partial charge in [0.1, 0.15) is 0 Å². The third-order valence-corrected chi connectivity index (χ3v) is 4.72. The molecule has 3 rings (SSSR count). The van der Waals surface area contributed by atoms with E-state index in [2.05, 4.69) is 27.8 Å². The summed E-state index contributed by atoms with van der Waals surface area (Å²) in [4.78, 5) is 12.1. The molecule has 5 N–H and O–H groups in total. The van der Waals surface area contributed by atoms with E-state index in [-0.39, 0.29) is 11.5 Å². The zero-order chi connectivity index (χ0) is 22.3. The highest BCUT2D eigenvalue weighted by atomic mass is 32.2. The van der Waals surface area contributed by atoms with Gasteiger partial charge in [-0.3, -0.25) is 5.41 Å². The highest BCUT2D eigenvalue weighted by Gasteiger charge is 2.21. The minimum atomic E-state index is -3.86. The van der Waals surface area contributed by atoms with Crippen molar-refractivity contribution in [3.63, 3.8) is 0 Å². The summed E-state index contributed by atoms with van der Waals surface area (Å²) in [6.07, 6.45) is 2.66. The van der Waals surface area contributed by atoms with Crippen LogP contribution in [0, 0.1) is 5.41 Å². The number of carbonyl (C=O) groups is 1. The summed E-state index contributed by atoms with van der Waals surface area (Å²) < 4.78 is 32.3. The van der Waals surface area contributed by atoms with Crippen LogP contribution in [-0.2, 0) is 25.5 Å². The summed E-state index contributed by atoms with van der Waals surface area (Å²) in [5.74, 6) is -1.22. The Bertz CT molecular complexity index is 1070. The quantitative estimate of drug-likeness (QED) is 0.373. The predicted octanol–water partition coefficient (Wildman–Crippen LogP) is 2.04. The van der Waals surface area contributed by atoms with Gasteiger partial charge in [0.25, 0.3) is 0 Å². The molecule has 1 aliphatic carbocycles. The molecule has 0 bridgehead atoms. The van der Waals surface area contributed by atoms with E-state index in [1.165, 1.54) is 5.56 Å². The molecule has 0 unspecified atom stereocenters. The fourth-order valence-electron chi connectivity index (χ4n) is 3.25. The second-order valence-electron chi connectivity index (χ2n) is 6.68. The molecular formula is C21H25N3O5S. The van der Waals surface area contributed by atoms with Crippen molar-refractivity contribution in [2.75, 3.05) is 20.0 Å². The molecule has 2 aromatic rings. The number of nitrogens with one attached hydrogen (secondary N) is 1. The van der Waals surface area contributed by atoms with Crippen LogP contribution in [-0.4, -0.2) is 40.3 Å². The number of methoxy groups -OCH3 is 1. The summed E-state index contributed by atoms with van der Waals surface area (Å²) in [5.41, 5.74) is 14.5. The molecule has 0 heterocycles. The van der Waals surface area contributed by atoms with E-state index in [1.807, 2.05) is 18.2 Å². The number of nitrogens with two attached hydrogens (primary N) is 2. The first kappa shape index (κ1) is 23.1. The number of ether oxygens (including phenoxy) is 1. The molecule has 0 fully saturated rings. The summed E-state index contributed by atoms with van der Waals surface area (Å²) in [7, 11) is -2.20. The number of guanidine groups is 1. The highest BCUT2D eigenvalue weighted by Crippen LogP contribution is 2.36. The molecular weight excluding hydrogens is 406 g/mol. The SMILES string of the molecule is COCC1=C(c2cccc(C(=O)OS(C)(=O)=O)c2)c2ccccc2CC1.N=C(N)N. The van der Waals surface area contributed by atoms with Gasteiger partial charge in [0, 0.05) is 7.11 Å². The minimum absolute atomic E-state index is 0.195. The maximum Gasteiger partial charge on any atom is 0.353 e. The molecule has 9 heteroatoms. The van der Waals surface area contributed by atoms with E-state index in [1.54, 1.807) is 25.3 Å². The molecule has 0 aliphatic heterocycles. The van der Waals surface area contributed by atoms with Crippen LogP contribution in [0.1, 0.15) is 33.5 Å². The number of benzene rings is 2. The van der Waals surface area contributed by atoms with Crippen molar-refractivity contribution in [3.05, 3.63) is 76.4 Å². The fourth-order valence-corrected chi connectivity index (χ4v) is 3.62. The number of hydrogen-bond donors (Lipinski definition) is 3. The van der Waals surface area contributed by atoms with Gasteiger partial charge in [-0.2, -0.15) is 8.42 Å². The standard InChI is InChI=1S/C20H20O5S.CH5N3/c1-24-13-17-11-10-14-6-3-4-9-18(14)19(17)15-7-5-8-16(12-15)20(21)25-26(2,22)23;2-1(3)4/h3-9,12H,10-11,13H2,1-2H3;(H5,2,3,4). The van der Waals surface area contributed by atoms with E-state index in [0.717, 1.165) is 41.4 Å². The lowest BCUT2D eigenvalue weighted by Crippen LogP contribution is -2.20. The van der Waals surface area contributed by atoms with Crippen molar-refractivity contribution >= 4 is 27.6 Å². The molecule has 0 amide bonds. The molecule has 0 aromatic heterocycles. The van der Waals surface area contributed by atoms with Gasteiger partial charge in [-0.15, -0.1) is 0 Å². The van der Waals surface area contributed by atoms with E-state index < -0.39 is 16.1 Å². The van der Waals surface area contributed by atoms with E-state index in [4.69, 9.17) is 10.1 Å². The Morgan fingerprint density at radius 3 is 2.40 bits per heavy atom. The highest BCUT2D eigenvalue weighted by molar-refractivity contribution is 7.86. The monoisotopic (exact) mass is 431 g/mol. The van der Waals surface area contributed by atoms with Crippen LogP contribution >= 0.6 is 0 Å². The summed E-state index contributed by atoms with van der Waals surface area (Å²) in [6.45, 7) is 0.502. The van der Waals surface area contributed by atoms with E-state index in [9.17, 15) is 13.2 Å². The smallest absolute Gasteiger partial charge is 0.353 e. The lowest BCUT2D eigenvalue weighted by Gasteiger charge is -2.24. The molecule has 0 atom stereocenters.